The second kappa shape index (κ2) is 9.80. The summed E-state index contributed by atoms with van der Waals surface area (Å²) >= 11 is 0. The molecule has 0 aliphatic rings. The number of amides is 1. The summed E-state index contributed by atoms with van der Waals surface area (Å²) in [5.41, 5.74) is 1.96. The highest BCUT2D eigenvalue weighted by molar-refractivity contribution is 6.04. The highest BCUT2D eigenvalue weighted by Crippen LogP contribution is 2.23. The molecule has 1 amide bonds. The SMILES string of the molecule is CCOc1ccc(C(=O)Nc2ccc(F)cc2F)cc1COCc1ccccc1. The Kier molecular flexibility index (Phi) is 6.92. The number of halogens is 2. The van der Waals surface area contributed by atoms with E-state index >= 15 is 0 Å². The van der Waals surface area contributed by atoms with Gasteiger partial charge >= 0.3 is 0 Å². The number of anilines is 1. The fraction of sp³-hybridized carbons (Fsp3) is 0.174. The van der Waals surface area contributed by atoms with Crippen LogP contribution in [0.4, 0.5) is 14.5 Å². The van der Waals surface area contributed by atoms with E-state index in [0.717, 1.165) is 17.7 Å². The van der Waals surface area contributed by atoms with E-state index in [9.17, 15) is 13.6 Å². The number of benzene rings is 3. The molecule has 3 rings (SSSR count). The maximum Gasteiger partial charge on any atom is 0.255 e. The van der Waals surface area contributed by atoms with Crippen LogP contribution in [0.1, 0.15) is 28.4 Å². The van der Waals surface area contributed by atoms with Gasteiger partial charge in [-0.15, -0.1) is 0 Å². The van der Waals surface area contributed by atoms with Crippen molar-refractivity contribution in [2.75, 3.05) is 11.9 Å². The van der Waals surface area contributed by atoms with Gasteiger partial charge in [-0.05, 0) is 42.8 Å². The van der Waals surface area contributed by atoms with E-state index in [4.69, 9.17) is 9.47 Å². The van der Waals surface area contributed by atoms with E-state index in [0.29, 0.717) is 30.1 Å². The zero-order chi connectivity index (χ0) is 20.6. The van der Waals surface area contributed by atoms with Gasteiger partial charge in [0.25, 0.3) is 5.91 Å². The topological polar surface area (TPSA) is 47.6 Å². The number of nitrogens with one attached hydrogen (secondary N) is 1. The Hall–Kier alpha value is -3.25. The van der Waals surface area contributed by atoms with Gasteiger partial charge in [-0.2, -0.15) is 0 Å². The first-order chi connectivity index (χ1) is 14.1. The van der Waals surface area contributed by atoms with Crippen LogP contribution in [0.5, 0.6) is 5.75 Å². The monoisotopic (exact) mass is 397 g/mol. The number of carbonyl (C=O) groups is 1. The molecule has 0 aromatic heterocycles. The van der Waals surface area contributed by atoms with Crippen LogP contribution in [0.15, 0.2) is 66.7 Å². The Balaban J connectivity index is 1.73. The molecule has 6 heteroatoms. The van der Waals surface area contributed by atoms with Gasteiger partial charge in [0.1, 0.15) is 17.4 Å². The molecule has 3 aromatic rings. The highest BCUT2D eigenvalue weighted by Gasteiger charge is 2.13. The first-order valence-corrected chi connectivity index (χ1v) is 9.20. The number of carbonyl (C=O) groups excluding carboxylic acids is 1. The molecule has 0 unspecified atom stereocenters. The molecule has 150 valence electrons. The molecule has 0 saturated carbocycles. The minimum Gasteiger partial charge on any atom is -0.494 e. The lowest BCUT2D eigenvalue weighted by Crippen LogP contribution is -2.14. The predicted molar refractivity (Wildman–Crippen MR) is 107 cm³/mol. The van der Waals surface area contributed by atoms with Crippen LogP contribution in [0.25, 0.3) is 0 Å². The average molecular weight is 397 g/mol. The summed E-state index contributed by atoms with van der Waals surface area (Å²) in [5, 5.41) is 2.45. The van der Waals surface area contributed by atoms with E-state index in [1.54, 1.807) is 18.2 Å². The molecule has 0 aliphatic heterocycles. The van der Waals surface area contributed by atoms with Crippen molar-refractivity contribution in [3.63, 3.8) is 0 Å². The van der Waals surface area contributed by atoms with E-state index in [2.05, 4.69) is 5.32 Å². The minimum atomic E-state index is -0.837. The first-order valence-electron chi connectivity index (χ1n) is 9.20. The highest BCUT2D eigenvalue weighted by atomic mass is 19.1. The summed E-state index contributed by atoms with van der Waals surface area (Å²) in [6, 6.07) is 17.6. The third kappa shape index (κ3) is 5.62. The molecular formula is C23H21F2NO3. The number of ether oxygens (including phenoxy) is 2. The van der Waals surface area contributed by atoms with Gasteiger partial charge < -0.3 is 14.8 Å². The van der Waals surface area contributed by atoms with Crippen molar-refractivity contribution in [1.82, 2.24) is 0 Å². The number of hydrogen-bond acceptors (Lipinski definition) is 3. The molecule has 1 N–H and O–H groups in total. The summed E-state index contributed by atoms with van der Waals surface area (Å²) in [5.74, 6) is -1.44. The van der Waals surface area contributed by atoms with Crippen molar-refractivity contribution in [2.45, 2.75) is 20.1 Å². The molecule has 0 fully saturated rings. The minimum absolute atomic E-state index is 0.0906. The summed E-state index contributed by atoms with van der Waals surface area (Å²) < 4.78 is 38.2. The summed E-state index contributed by atoms with van der Waals surface area (Å²) in [6.07, 6.45) is 0. The zero-order valence-electron chi connectivity index (χ0n) is 16.0. The third-order valence-electron chi connectivity index (χ3n) is 4.17. The van der Waals surface area contributed by atoms with Crippen LogP contribution < -0.4 is 10.1 Å². The molecule has 3 aromatic carbocycles. The normalized spacial score (nSPS) is 10.6. The maximum absolute atomic E-state index is 13.8. The van der Waals surface area contributed by atoms with Crippen molar-refractivity contribution in [3.8, 4) is 5.75 Å². The number of hydrogen-bond donors (Lipinski definition) is 1. The Morgan fingerprint density at radius 2 is 1.76 bits per heavy atom. The standard InChI is InChI=1S/C23H21F2NO3/c1-2-29-22-11-8-17(23(27)26-21-10-9-19(24)13-20(21)25)12-18(22)15-28-14-16-6-4-3-5-7-16/h3-13H,2,14-15H2,1H3,(H,26,27). The lowest BCUT2D eigenvalue weighted by Gasteiger charge is -2.13. The second-order valence-corrected chi connectivity index (χ2v) is 6.31. The van der Waals surface area contributed by atoms with Gasteiger partial charge in [-0.3, -0.25) is 4.79 Å². The molecule has 0 heterocycles. The Morgan fingerprint density at radius 3 is 2.48 bits per heavy atom. The fourth-order valence-electron chi connectivity index (χ4n) is 2.77. The summed E-state index contributed by atoms with van der Waals surface area (Å²) in [7, 11) is 0. The molecule has 0 spiro atoms. The molecule has 29 heavy (non-hydrogen) atoms. The smallest absolute Gasteiger partial charge is 0.255 e. The Morgan fingerprint density at radius 1 is 0.966 bits per heavy atom. The number of rotatable bonds is 8. The van der Waals surface area contributed by atoms with Crippen LogP contribution >= 0.6 is 0 Å². The summed E-state index contributed by atoms with van der Waals surface area (Å²) in [6.45, 7) is 3.00. The fourth-order valence-corrected chi connectivity index (χ4v) is 2.77. The maximum atomic E-state index is 13.8. The van der Waals surface area contributed by atoms with Crippen LogP contribution in [0.3, 0.4) is 0 Å². The zero-order valence-corrected chi connectivity index (χ0v) is 16.0. The van der Waals surface area contributed by atoms with Crippen LogP contribution in [-0.4, -0.2) is 12.5 Å². The van der Waals surface area contributed by atoms with Crippen molar-refractivity contribution < 1.29 is 23.0 Å². The summed E-state index contributed by atoms with van der Waals surface area (Å²) in [4.78, 5) is 12.5. The predicted octanol–water partition coefficient (Wildman–Crippen LogP) is 5.33. The lowest BCUT2D eigenvalue weighted by molar-refractivity contribution is 0.101. The van der Waals surface area contributed by atoms with Crippen LogP contribution in [-0.2, 0) is 18.0 Å². The van der Waals surface area contributed by atoms with Crippen molar-refractivity contribution in [3.05, 3.63) is 95.1 Å². The molecule has 4 nitrogen and oxygen atoms in total. The van der Waals surface area contributed by atoms with Gasteiger partial charge in [-0.25, -0.2) is 8.78 Å². The average Bonchev–Trinajstić information content (AvgIpc) is 2.72. The van der Waals surface area contributed by atoms with Crippen molar-refractivity contribution in [1.29, 1.82) is 0 Å². The van der Waals surface area contributed by atoms with E-state index in [-0.39, 0.29) is 12.3 Å². The third-order valence-corrected chi connectivity index (χ3v) is 4.17. The quantitative estimate of drug-likeness (QED) is 0.559. The van der Waals surface area contributed by atoms with Gasteiger partial charge in [0, 0.05) is 17.2 Å². The van der Waals surface area contributed by atoms with Gasteiger partial charge in [0.15, 0.2) is 0 Å². The van der Waals surface area contributed by atoms with E-state index < -0.39 is 17.5 Å². The van der Waals surface area contributed by atoms with E-state index in [1.165, 1.54) is 6.07 Å². The van der Waals surface area contributed by atoms with Crippen LogP contribution in [0, 0.1) is 11.6 Å². The van der Waals surface area contributed by atoms with Crippen molar-refractivity contribution in [2.24, 2.45) is 0 Å². The molecule has 0 radical (unpaired) electrons. The largest absolute Gasteiger partial charge is 0.494 e. The van der Waals surface area contributed by atoms with Gasteiger partial charge in [0.2, 0.25) is 0 Å². The first kappa shape index (κ1) is 20.5. The molecule has 0 saturated heterocycles. The lowest BCUT2D eigenvalue weighted by atomic mass is 10.1. The second-order valence-electron chi connectivity index (χ2n) is 6.31. The molecular weight excluding hydrogens is 376 g/mol. The molecule has 0 bridgehead atoms. The van der Waals surface area contributed by atoms with Crippen molar-refractivity contribution >= 4 is 11.6 Å². The van der Waals surface area contributed by atoms with Gasteiger partial charge in [0.05, 0.1) is 25.5 Å². The Labute approximate surface area is 168 Å². The van der Waals surface area contributed by atoms with Crippen LogP contribution in [0.2, 0.25) is 0 Å². The van der Waals surface area contributed by atoms with E-state index in [1.807, 2.05) is 37.3 Å². The molecule has 0 atom stereocenters. The molecule has 0 aliphatic carbocycles. The Bertz CT molecular complexity index is 977. The van der Waals surface area contributed by atoms with Gasteiger partial charge in [-0.1, -0.05) is 30.3 Å².